The van der Waals surface area contributed by atoms with Crippen LogP contribution in [0, 0.1) is 0 Å². The normalized spacial score (nSPS) is 11.9. The molecule has 0 saturated carbocycles. The lowest BCUT2D eigenvalue weighted by Crippen LogP contribution is -2.36. The predicted octanol–water partition coefficient (Wildman–Crippen LogP) is 4.43. The molecule has 0 atom stereocenters. The first-order valence-electron chi connectivity index (χ1n) is 9.58. The molecular formula is C21H24ClN3O3S3. The second kappa shape index (κ2) is 10.3. The van der Waals surface area contributed by atoms with Gasteiger partial charge in [0.1, 0.15) is 5.52 Å². The number of amides is 1. The van der Waals surface area contributed by atoms with E-state index in [0.29, 0.717) is 40.9 Å². The van der Waals surface area contributed by atoms with Crippen molar-refractivity contribution in [3.63, 3.8) is 0 Å². The van der Waals surface area contributed by atoms with Crippen LogP contribution in [-0.2, 0) is 14.6 Å². The molecule has 0 N–H and O–H groups in total. The molecule has 3 rings (SSSR count). The quantitative estimate of drug-likeness (QED) is 0.407. The van der Waals surface area contributed by atoms with Crippen LogP contribution < -0.4 is 4.90 Å². The number of hydrogen-bond donors (Lipinski definition) is 0. The number of thioether (sulfide) groups is 1. The van der Waals surface area contributed by atoms with Crippen LogP contribution in [0.3, 0.4) is 0 Å². The third-order valence-corrected chi connectivity index (χ3v) is 7.91. The molecule has 0 unspecified atom stereocenters. The van der Waals surface area contributed by atoms with Crippen molar-refractivity contribution in [3.05, 3.63) is 47.5 Å². The Morgan fingerprint density at radius 1 is 1.13 bits per heavy atom. The summed E-state index contributed by atoms with van der Waals surface area (Å²) in [4.78, 5) is 22.5. The summed E-state index contributed by atoms with van der Waals surface area (Å²) < 4.78 is 25.0. The topological polar surface area (TPSA) is 70.6 Å². The number of rotatable bonds is 9. The summed E-state index contributed by atoms with van der Waals surface area (Å²) in [7, 11) is 0.471. The Morgan fingerprint density at radius 2 is 1.84 bits per heavy atom. The van der Waals surface area contributed by atoms with E-state index in [-0.39, 0.29) is 10.8 Å². The number of carbonyl (C=O) groups is 1. The molecule has 2 aromatic carbocycles. The van der Waals surface area contributed by atoms with Crippen molar-refractivity contribution in [3.8, 4) is 0 Å². The van der Waals surface area contributed by atoms with Crippen molar-refractivity contribution in [2.45, 2.75) is 16.2 Å². The number of hydrogen-bond acceptors (Lipinski definition) is 7. The highest BCUT2D eigenvalue weighted by Crippen LogP contribution is 2.33. The average molecular weight is 498 g/mol. The number of carbonyl (C=O) groups excluding carboxylic acids is 1. The Bertz CT molecular complexity index is 1160. The highest BCUT2D eigenvalue weighted by molar-refractivity contribution is 7.99. The number of thiazole rings is 1. The Hall–Kier alpha value is -1.65. The van der Waals surface area contributed by atoms with Gasteiger partial charge in [-0.3, -0.25) is 9.69 Å². The molecule has 0 fully saturated rings. The molecule has 0 bridgehead atoms. The zero-order valence-electron chi connectivity index (χ0n) is 17.5. The lowest BCUT2D eigenvalue weighted by molar-refractivity contribution is -0.118. The molecule has 166 valence electrons. The van der Waals surface area contributed by atoms with E-state index in [1.54, 1.807) is 28.8 Å². The Balaban J connectivity index is 1.81. The fraction of sp³-hybridized carbons (Fsp3) is 0.333. The van der Waals surface area contributed by atoms with Crippen molar-refractivity contribution in [2.75, 3.05) is 44.1 Å². The van der Waals surface area contributed by atoms with Gasteiger partial charge in [0.2, 0.25) is 5.91 Å². The van der Waals surface area contributed by atoms with Crippen molar-refractivity contribution >= 4 is 65.8 Å². The fourth-order valence-electron chi connectivity index (χ4n) is 2.88. The highest BCUT2D eigenvalue weighted by Gasteiger charge is 2.22. The first kappa shape index (κ1) is 24.0. The Labute approximate surface area is 196 Å². The molecule has 1 amide bonds. The highest BCUT2D eigenvalue weighted by atomic mass is 35.5. The summed E-state index contributed by atoms with van der Waals surface area (Å²) in [6.07, 6.45) is 1.51. The van der Waals surface area contributed by atoms with Gasteiger partial charge in [0.05, 0.1) is 9.60 Å². The van der Waals surface area contributed by atoms with E-state index < -0.39 is 9.84 Å². The van der Waals surface area contributed by atoms with Gasteiger partial charge in [-0.25, -0.2) is 13.4 Å². The lowest BCUT2D eigenvalue weighted by Gasteiger charge is -2.22. The van der Waals surface area contributed by atoms with E-state index in [0.717, 1.165) is 9.60 Å². The lowest BCUT2D eigenvalue weighted by atomic mass is 10.3. The molecule has 3 aromatic rings. The molecule has 1 heterocycles. The molecule has 0 aliphatic heterocycles. The van der Waals surface area contributed by atoms with Crippen LogP contribution in [0.4, 0.5) is 5.13 Å². The largest absolute Gasteiger partial charge is 0.308 e. The summed E-state index contributed by atoms with van der Waals surface area (Å²) in [6.45, 7) is 1.15. The number of halogens is 1. The Morgan fingerprint density at radius 3 is 2.48 bits per heavy atom. The van der Waals surface area contributed by atoms with E-state index in [1.165, 1.54) is 17.6 Å². The van der Waals surface area contributed by atoms with Crippen molar-refractivity contribution in [1.82, 2.24) is 9.88 Å². The number of para-hydroxylation sites is 1. The van der Waals surface area contributed by atoms with E-state index in [2.05, 4.69) is 4.98 Å². The minimum Gasteiger partial charge on any atom is -0.308 e. The average Bonchev–Trinajstić information content (AvgIpc) is 3.12. The van der Waals surface area contributed by atoms with Crippen molar-refractivity contribution in [1.29, 1.82) is 0 Å². The Kier molecular flexibility index (Phi) is 7.98. The maximum absolute atomic E-state index is 13.1. The summed E-state index contributed by atoms with van der Waals surface area (Å²) in [6, 6.07) is 12.6. The van der Waals surface area contributed by atoms with Crippen LogP contribution in [0.5, 0.6) is 0 Å². The third kappa shape index (κ3) is 6.43. The van der Waals surface area contributed by atoms with E-state index in [1.807, 2.05) is 49.3 Å². The number of likely N-dealkylation sites (N-methyl/N-ethyl adjacent to an activating group) is 1. The fourth-order valence-corrected chi connectivity index (χ4v) is 5.78. The van der Waals surface area contributed by atoms with E-state index in [4.69, 9.17) is 11.6 Å². The van der Waals surface area contributed by atoms with E-state index in [9.17, 15) is 13.2 Å². The minimum absolute atomic E-state index is 0.0386. The maximum atomic E-state index is 13.1. The van der Waals surface area contributed by atoms with Gasteiger partial charge in [-0.05, 0) is 50.5 Å². The van der Waals surface area contributed by atoms with Gasteiger partial charge in [0.25, 0.3) is 0 Å². The third-order valence-electron chi connectivity index (χ3n) is 4.47. The molecule has 6 nitrogen and oxygen atoms in total. The second-order valence-electron chi connectivity index (χ2n) is 7.27. The number of benzene rings is 2. The summed E-state index contributed by atoms with van der Waals surface area (Å²) in [5.41, 5.74) is 0.420. The van der Waals surface area contributed by atoms with Crippen LogP contribution in [0.25, 0.3) is 10.2 Å². The molecule has 31 heavy (non-hydrogen) atoms. The summed E-state index contributed by atoms with van der Waals surface area (Å²) in [5, 5.41) is 1.20. The molecular weight excluding hydrogens is 474 g/mol. The van der Waals surface area contributed by atoms with Gasteiger partial charge in [0, 0.05) is 41.4 Å². The summed E-state index contributed by atoms with van der Waals surface area (Å²) in [5.74, 6) is 0.585. The zero-order chi connectivity index (χ0) is 22.6. The van der Waals surface area contributed by atoms with Gasteiger partial charge in [-0.2, -0.15) is 0 Å². The van der Waals surface area contributed by atoms with Gasteiger partial charge >= 0.3 is 0 Å². The van der Waals surface area contributed by atoms with Crippen LogP contribution in [0.1, 0.15) is 6.42 Å². The van der Waals surface area contributed by atoms with Gasteiger partial charge < -0.3 is 4.90 Å². The number of nitrogens with zero attached hydrogens (tertiary/aromatic N) is 3. The number of anilines is 1. The van der Waals surface area contributed by atoms with Crippen LogP contribution >= 0.6 is 34.7 Å². The zero-order valence-corrected chi connectivity index (χ0v) is 20.7. The smallest absolute Gasteiger partial charge is 0.229 e. The summed E-state index contributed by atoms with van der Waals surface area (Å²) >= 11 is 8.85. The molecule has 10 heteroatoms. The first-order valence-corrected chi connectivity index (χ1v) is 13.7. The van der Waals surface area contributed by atoms with Crippen LogP contribution in [0.15, 0.2) is 52.3 Å². The van der Waals surface area contributed by atoms with E-state index >= 15 is 0 Å². The van der Waals surface area contributed by atoms with Crippen molar-refractivity contribution < 1.29 is 13.2 Å². The second-order valence-corrected chi connectivity index (χ2v) is 11.9. The first-order chi connectivity index (χ1) is 14.6. The van der Waals surface area contributed by atoms with Gasteiger partial charge in [-0.15, -0.1) is 11.8 Å². The molecule has 0 radical (unpaired) electrons. The molecule has 0 aliphatic rings. The van der Waals surface area contributed by atoms with Crippen LogP contribution in [0.2, 0.25) is 5.02 Å². The van der Waals surface area contributed by atoms with Crippen molar-refractivity contribution in [2.24, 2.45) is 0 Å². The molecule has 1 aromatic heterocycles. The number of aromatic nitrogens is 1. The molecule has 0 aliphatic carbocycles. The monoisotopic (exact) mass is 497 g/mol. The standard InChI is InChI=1S/C21H24ClN3O3S3/c1-24(2)12-13-25(19(26)11-14-29-16-9-7-15(22)8-10-16)21-23-20-17(30-21)5-4-6-18(20)31(3,27)28/h4-10H,11-14H2,1-3H3. The molecule has 0 saturated heterocycles. The number of fused-ring (bicyclic) bond motifs is 1. The molecule has 0 spiro atoms. The SMILES string of the molecule is CN(C)CCN(C(=O)CCSc1ccc(Cl)cc1)c1nc2c(S(C)(=O)=O)cccc2s1. The minimum atomic E-state index is -3.42. The van der Waals surface area contributed by atoms with Gasteiger partial charge in [-0.1, -0.05) is 29.0 Å². The maximum Gasteiger partial charge on any atom is 0.229 e. The number of sulfone groups is 1. The van der Waals surface area contributed by atoms with Gasteiger partial charge in [0.15, 0.2) is 15.0 Å². The van der Waals surface area contributed by atoms with Crippen LogP contribution in [-0.4, -0.2) is 63.4 Å². The predicted molar refractivity (Wildman–Crippen MR) is 130 cm³/mol.